The van der Waals surface area contributed by atoms with Crippen molar-refractivity contribution in [3.8, 4) is 17.2 Å². The van der Waals surface area contributed by atoms with Crippen LogP contribution in [0.3, 0.4) is 0 Å². The van der Waals surface area contributed by atoms with E-state index in [0.29, 0.717) is 28.8 Å². The molecule has 1 aromatic heterocycles. The molecule has 0 amide bonds. The van der Waals surface area contributed by atoms with Gasteiger partial charge in [-0.05, 0) is 55.0 Å². The summed E-state index contributed by atoms with van der Waals surface area (Å²) >= 11 is 0. The lowest BCUT2D eigenvalue weighted by atomic mass is 10.1. The Labute approximate surface area is 208 Å². The van der Waals surface area contributed by atoms with Crippen LogP contribution in [0.25, 0.3) is 11.5 Å². The van der Waals surface area contributed by atoms with Gasteiger partial charge in [-0.1, -0.05) is 36.4 Å². The number of carboxylic acid groups (broad SMARTS) is 1. The van der Waals surface area contributed by atoms with E-state index in [1.54, 1.807) is 36.4 Å². The van der Waals surface area contributed by atoms with Gasteiger partial charge in [0.2, 0.25) is 5.89 Å². The largest absolute Gasteiger partial charge is 0.487 e. The van der Waals surface area contributed by atoms with Crippen LogP contribution in [0.5, 0.6) is 5.75 Å². The molecule has 1 N–H and O–H groups in total. The van der Waals surface area contributed by atoms with Crippen LogP contribution < -0.4 is 9.04 Å². The molecule has 2 heterocycles. The number of hydrogen-bond donors (Lipinski definition) is 1. The number of allylic oxidation sites excluding steroid dienone is 1. The summed E-state index contributed by atoms with van der Waals surface area (Å²) in [6.45, 7) is 1.96. The molecule has 8 nitrogen and oxygen atoms in total. The molecule has 9 heteroatoms. The number of aliphatic carboxylic acids is 1. The minimum absolute atomic E-state index is 0.0202. The average molecular weight is 503 g/mol. The zero-order valence-corrected chi connectivity index (χ0v) is 20.1. The number of aryl methyl sites for hydroxylation is 1. The Morgan fingerprint density at radius 2 is 1.75 bits per heavy atom. The summed E-state index contributed by atoms with van der Waals surface area (Å²) in [4.78, 5) is 15.9. The molecule has 1 aliphatic heterocycles. The van der Waals surface area contributed by atoms with Crippen LogP contribution in [-0.2, 0) is 27.8 Å². The molecule has 5 rings (SSSR count). The van der Waals surface area contributed by atoms with Gasteiger partial charge in [-0.15, -0.1) is 0 Å². The molecule has 0 saturated heterocycles. The molecule has 0 aliphatic carbocycles. The van der Waals surface area contributed by atoms with Crippen LogP contribution >= 0.6 is 0 Å². The highest BCUT2D eigenvalue weighted by Gasteiger charge is 2.35. The normalized spacial score (nSPS) is 14.1. The second-order valence-electron chi connectivity index (χ2n) is 8.20. The lowest BCUT2D eigenvalue weighted by molar-refractivity contribution is -0.131. The standard InChI is InChI=1S/C27H22N2O6S/c1-18-24(28-27(35-18)19-7-3-2-4-8-19)17-34-22-11-13-23(14-12-22)36(32,33)29-21(16-26(30)31)15-20-9-5-6-10-25(20)29/h2-14,16H,15,17H2,1H3,(H,30,31). The Kier molecular flexibility index (Phi) is 6.07. The maximum atomic E-state index is 13.5. The van der Waals surface area contributed by atoms with Gasteiger partial charge in [0.05, 0.1) is 10.6 Å². The number of carboxylic acids is 1. The van der Waals surface area contributed by atoms with Crippen LogP contribution in [0.1, 0.15) is 17.0 Å². The highest BCUT2D eigenvalue weighted by atomic mass is 32.2. The molecule has 3 aromatic carbocycles. The van der Waals surface area contributed by atoms with E-state index in [2.05, 4.69) is 4.98 Å². The fraction of sp³-hybridized carbons (Fsp3) is 0.111. The average Bonchev–Trinajstić information content (AvgIpc) is 3.43. The van der Waals surface area contributed by atoms with Crippen molar-refractivity contribution in [2.75, 3.05) is 4.31 Å². The van der Waals surface area contributed by atoms with Gasteiger partial charge in [0.15, 0.2) is 0 Å². The van der Waals surface area contributed by atoms with Crippen molar-refractivity contribution in [3.05, 3.63) is 108 Å². The molecular weight excluding hydrogens is 480 g/mol. The Hall–Kier alpha value is -4.37. The molecule has 182 valence electrons. The Balaban J connectivity index is 1.35. The first kappa shape index (κ1) is 23.4. The van der Waals surface area contributed by atoms with Crippen molar-refractivity contribution in [2.24, 2.45) is 0 Å². The highest BCUT2D eigenvalue weighted by Crippen LogP contribution is 2.39. The first-order valence-electron chi connectivity index (χ1n) is 11.1. The van der Waals surface area contributed by atoms with E-state index in [4.69, 9.17) is 9.15 Å². The number of anilines is 1. The topological polar surface area (TPSA) is 110 Å². The zero-order valence-electron chi connectivity index (χ0n) is 19.3. The quantitative estimate of drug-likeness (QED) is 0.356. The van der Waals surface area contributed by atoms with Crippen molar-refractivity contribution < 1.29 is 27.5 Å². The van der Waals surface area contributed by atoms with Crippen molar-refractivity contribution in [2.45, 2.75) is 24.8 Å². The predicted octanol–water partition coefficient (Wildman–Crippen LogP) is 4.95. The van der Waals surface area contributed by atoms with Gasteiger partial charge in [-0.25, -0.2) is 22.5 Å². The first-order valence-corrected chi connectivity index (χ1v) is 12.6. The van der Waals surface area contributed by atoms with Crippen LogP contribution in [-0.4, -0.2) is 24.5 Å². The van der Waals surface area contributed by atoms with Gasteiger partial charge >= 0.3 is 5.97 Å². The van der Waals surface area contributed by atoms with Crippen LogP contribution in [0.2, 0.25) is 0 Å². The summed E-state index contributed by atoms with van der Waals surface area (Å²) in [6, 6.07) is 22.5. The molecule has 0 fully saturated rings. The van der Waals surface area contributed by atoms with Crippen LogP contribution in [0.15, 0.2) is 99.9 Å². The van der Waals surface area contributed by atoms with Gasteiger partial charge in [0, 0.05) is 23.8 Å². The van der Waals surface area contributed by atoms with E-state index in [0.717, 1.165) is 21.5 Å². The fourth-order valence-electron chi connectivity index (χ4n) is 4.05. The summed E-state index contributed by atoms with van der Waals surface area (Å²) in [5.74, 6) is 0.392. The number of nitrogens with zero attached hydrogens (tertiary/aromatic N) is 2. The lowest BCUT2D eigenvalue weighted by Gasteiger charge is -2.21. The molecule has 4 aromatic rings. The first-order chi connectivity index (χ1) is 17.3. The SMILES string of the molecule is Cc1oc(-c2ccccc2)nc1COc1ccc(S(=O)(=O)N2C(=CC(=O)O)Cc3ccccc32)cc1. The molecule has 36 heavy (non-hydrogen) atoms. The number of aromatic nitrogens is 1. The van der Waals surface area contributed by atoms with Gasteiger partial charge in [-0.2, -0.15) is 0 Å². The summed E-state index contributed by atoms with van der Waals surface area (Å²) in [5, 5.41) is 9.26. The number of fused-ring (bicyclic) bond motifs is 1. The Morgan fingerprint density at radius 3 is 2.47 bits per heavy atom. The van der Waals surface area contributed by atoms with Gasteiger partial charge < -0.3 is 14.3 Å². The molecule has 0 unspecified atom stereocenters. The Bertz CT molecular complexity index is 1560. The molecule has 0 bridgehead atoms. The van der Waals surface area contributed by atoms with Crippen molar-refractivity contribution in [3.63, 3.8) is 0 Å². The van der Waals surface area contributed by atoms with E-state index < -0.39 is 16.0 Å². The summed E-state index contributed by atoms with van der Waals surface area (Å²) in [7, 11) is -4.05. The van der Waals surface area contributed by atoms with Crippen molar-refractivity contribution in [1.29, 1.82) is 0 Å². The summed E-state index contributed by atoms with van der Waals surface area (Å²) in [5.41, 5.74) is 2.87. The number of para-hydroxylation sites is 1. The van der Waals surface area contributed by atoms with E-state index in [1.165, 1.54) is 12.1 Å². The van der Waals surface area contributed by atoms with Crippen molar-refractivity contribution in [1.82, 2.24) is 4.98 Å². The monoisotopic (exact) mass is 502 g/mol. The van der Waals surface area contributed by atoms with Crippen LogP contribution in [0.4, 0.5) is 5.69 Å². The second kappa shape index (κ2) is 9.35. The summed E-state index contributed by atoms with van der Waals surface area (Å²) in [6.07, 6.45) is 1.14. The third-order valence-electron chi connectivity index (χ3n) is 5.78. The van der Waals surface area contributed by atoms with Crippen molar-refractivity contribution >= 4 is 21.7 Å². The number of benzene rings is 3. The maximum absolute atomic E-state index is 13.5. The number of hydrogen-bond acceptors (Lipinski definition) is 6. The number of ether oxygens (including phenoxy) is 1. The third-order valence-corrected chi connectivity index (χ3v) is 7.56. The zero-order chi connectivity index (χ0) is 25.3. The fourth-order valence-corrected chi connectivity index (χ4v) is 5.60. The highest BCUT2D eigenvalue weighted by molar-refractivity contribution is 7.93. The van der Waals surface area contributed by atoms with E-state index in [1.807, 2.05) is 37.3 Å². The number of rotatable bonds is 7. The van der Waals surface area contributed by atoms with Crippen LogP contribution in [0, 0.1) is 6.92 Å². The molecule has 0 spiro atoms. The molecule has 0 radical (unpaired) electrons. The van der Waals surface area contributed by atoms with Gasteiger partial charge in [0.25, 0.3) is 10.0 Å². The maximum Gasteiger partial charge on any atom is 0.330 e. The number of sulfonamides is 1. The van der Waals surface area contributed by atoms with Gasteiger partial charge in [-0.3, -0.25) is 0 Å². The smallest absolute Gasteiger partial charge is 0.330 e. The number of carbonyl (C=O) groups is 1. The van der Waals surface area contributed by atoms with E-state index in [-0.39, 0.29) is 23.6 Å². The third kappa shape index (κ3) is 4.48. The predicted molar refractivity (Wildman–Crippen MR) is 133 cm³/mol. The lowest BCUT2D eigenvalue weighted by Crippen LogP contribution is -2.28. The summed E-state index contributed by atoms with van der Waals surface area (Å²) < 4.78 is 39.7. The molecule has 1 aliphatic rings. The molecular formula is C27H22N2O6S. The Morgan fingerprint density at radius 1 is 1.06 bits per heavy atom. The molecule has 0 saturated carbocycles. The van der Waals surface area contributed by atoms with E-state index in [9.17, 15) is 18.3 Å². The molecule has 0 atom stereocenters. The van der Waals surface area contributed by atoms with Gasteiger partial charge in [0.1, 0.15) is 23.8 Å². The van der Waals surface area contributed by atoms with E-state index >= 15 is 0 Å². The number of oxazole rings is 1. The second-order valence-corrected chi connectivity index (χ2v) is 9.98. The minimum Gasteiger partial charge on any atom is -0.487 e. The minimum atomic E-state index is -4.05.